The number of Topliss-reactive ketones (excluding diaryl/α,β-unsaturated/α-hetero) is 3. The zero-order chi connectivity index (χ0) is 46.7. The Balaban J connectivity index is 0.000000158. The van der Waals surface area contributed by atoms with Crippen LogP contribution in [0.1, 0.15) is 5.56 Å². The molecule has 0 atom stereocenters. The molecule has 3 aromatic heterocycles. The molecule has 0 amide bonds. The van der Waals surface area contributed by atoms with Gasteiger partial charge in [0.15, 0.2) is 17.2 Å². The van der Waals surface area contributed by atoms with Gasteiger partial charge in [0, 0.05) is 117 Å². The molecule has 21 nitrogen and oxygen atoms in total. The highest BCUT2D eigenvalue weighted by Crippen LogP contribution is 2.35. The summed E-state index contributed by atoms with van der Waals surface area (Å²) in [5, 5.41) is 8.85. The lowest BCUT2D eigenvalue weighted by molar-refractivity contribution is -0.131. The number of hydrogen-bond acceptors (Lipinski definition) is 20. The number of nitrogens with zero attached hydrogens (tertiary/aromatic N) is 11. The number of H-pyrrole nitrogens is 1. The molecule has 3 aromatic rings. The number of ketones is 3. The van der Waals surface area contributed by atoms with E-state index in [4.69, 9.17) is 70.8 Å². The number of aromatic amines is 1. The lowest BCUT2D eigenvalue weighted by Crippen LogP contribution is -2.45. The second kappa shape index (κ2) is 23.6. The summed E-state index contributed by atoms with van der Waals surface area (Å²) in [5.41, 5.74) is 1.70. The normalized spacial score (nSPS) is 20.4. The summed E-state index contributed by atoms with van der Waals surface area (Å²) < 4.78 is 10.8. The van der Waals surface area contributed by atoms with Gasteiger partial charge in [-0.1, -0.05) is 46.4 Å². The highest BCUT2D eigenvalue weighted by Gasteiger charge is 2.32. The smallest absolute Gasteiger partial charge is 0.267 e. The number of morpholine rings is 2. The molecule has 25 heteroatoms. The molecule has 0 bridgehead atoms. The average molecular weight is 996 g/mol. The maximum atomic E-state index is 11.9. The molecule has 4 saturated heterocycles. The van der Waals surface area contributed by atoms with Crippen molar-refractivity contribution in [1.29, 1.82) is 0 Å². The second-order valence-corrected chi connectivity index (χ2v) is 17.9. The van der Waals surface area contributed by atoms with E-state index in [2.05, 4.69) is 74.4 Å². The van der Waals surface area contributed by atoms with Crippen molar-refractivity contribution >= 4 is 104 Å². The summed E-state index contributed by atoms with van der Waals surface area (Å²) >= 11 is 21.7. The third-order valence-electron chi connectivity index (χ3n) is 11.7. The van der Waals surface area contributed by atoms with E-state index in [1.165, 1.54) is 6.20 Å². The summed E-state index contributed by atoms with van der Waals surface area (Å²) in [4.78, 5) is 85.0. The van der Waals surface area contributed by atoms with Gasteiger partial charge >= 0.3 is 0 Å². The topological polar surface area (TPSA) is 223 Å². The molecule has 4 N–H and O–H groups in total. The first kappa shape index (κ1) is 49.6. The SMILES string of the molecule is CN1CCN(c2nc(NCCN3CCOCC3)c3[nH]c(=O)cnc3n2)CC1.CN1CCN(c2nc(NCCN3CCOCC3)c3c(n2)NCC(=O)C3)CC1.O=C1C(=O)C(Cl)=C(Cl)C(Cl)=C1Cl. The molecule has 0 unspecified atom stereocenters. The Morgan fingerprint density at radius 3 is 1.64 bits per heavy atom. The van der Waals surface area contributed by atoms with Crippen LogP contribution in [0.25, 0.3) is 11.2 Å². The van der Waals surface area contributed by atoms with Gasteiger partial charge in [0.05, 0.1) is 49.2 Å². The van der Waals surface area contributed by atoms with E-state index in [9.17, 15) is 19.2 Å². The van der Waals surface area contributed by atoms with Gasteiger partial charge in [0.25, 0.3) is 5.56 Å². The van der Waals surface area contributed by atoms with Crippen molar-refractivity contribution in [2.75, 3.05) is 178 Å². The fourth-order valence-corrected chi connectivity index (χ4v) is 8.44. The molecular weight excluding hydrogens is 940 g/mol. The van der Waals surface area contributed by atoms with Crippen LogP contribution < -0.4 is 31.3 Å². The molecule has 0 aromatic carbocycles. The van der Waals surface area contributed by atoms with Crippen molar-refractivity contribution in [2.24, 2.45) is 0 Å². The quantitative estimate of drug-likeness (QED) is 0.166. The molecule has 6 aliphatic rings. The van der Waals surface area contributed by atoms with Gasteiger partial charge in [0.1, 0.15) is 27.2 Å². The number of hydrogen-bond donors (Lipinski definition) is 4. The largest absolute Gasteiger partial charge is 0.379 e. The Bertz CT molecular complexity index is 2300. The van der Waals surface area contributed by atoms with Gasteiger partial charge in [-0.15, -0.1) is 0 Å². The number of halogens is 4. The lowest BCUT2D eigenvalue weighted by Gasteiger charge is -2.33. The number of likely N-dealkylation sites (N-methyl/N-ethyl adjacent to an activating group) is 2. The first-order chi connectivity index (χ1) is 31.8. The standard InChI is InChI=1S/C18H29N7O2.C17H26N8O2.C6Cl4O2/c1-23-4-6-25(7-5-23)18-21-16(15-12-14(26)13-20-17(15)22-18)19-2-3-24-8-10-27-11-9-24;1-23-4-6-25(7-5-23)17-21-15(14-16(22-17)19-12-13(26)20-14)18-2-3-24-8-10-27-11-9-24;7-1-2(8)4(10)6(12)5(11)3(1)9/h2-13H2,1H3,(H2,19,20,21,22);12H,2-11H2,1H3,(H,20,26)(H,18,19,21,22);. The number of rotatable bonds is 10. The van der Waals surface area contributed by atoms with Crippen LogP contribution in [0.3, 0.4) is 0 Å². The van der Waals surface area contributed by atoms with Crippen molar-refractivity contribution in [2.45, 2.75) is 6.42 Å². The fraction of sp³-hybridized carbons (Fsp3) is 0.585. The number of nitrogens with one attached hydrogen (secondary N) is 4. The van der Waals surface area contributed by atoms with Gasteiger partial charge < -0.3 is 50.0 Å². The predicted molar refractivity (Wildman–Crippen MR) is 256 cm³/mol. The van der Waals surface area contributed by atoms with E-state index in [1.807, 2.05) is 0 Å². The maximum absolute atomic E-state index is 11.9. The number of carbonyl (C=O) groups excluding carboxylic acids is 3. The number of carbonyl (C=O) groups is 3. The van der Waals surface area contributed by atoms with Crippen molar-refractivity contribution in [1.82, 2.24) is 49.5 Å². The number of piperazine rings is 2. The molecule has 4 fully saturated rings. The Morgan fingerprint density at radius 2 is 1.11 bits per heavy atom. The number of fused-ring (bicyclic) bond motifs is 2. The lowest BCUT2D eigenvalue weighted by atomic mass is 10.1. The third-order valence-corrected chi connectivity index (χ3v) is 13.4. The Labute approximate surface area is 402 Å². The summed E-state index contributed by atoms with van der Waals surface area (Å²) in [6, 6.07) is 0. The zero-order valence-corrected chi connectivity index (χ0v) is 40.0. The first-order valence-corrected chi connectivity index (χ1v) is 23.4. The van der Waals surface area contributed by atoms with Gasteiger partial charge in [-0.3, -0.25) is 29.0 Å². The highest BCUT2D eigenvalue weighted by atomic mass is 35.5. The molecule has 0 radical (unpaired) electrons. The minimum Gasteiger partial charge on any atom is -0.379 e. The summed E-state index contributed by atoms with van der Waals surface area (Å²) in [6.07, 6.45) is 1.66. The van der Waals surface area contributed by atoms with Crippen molar-refractivity contribution in [3.63, 3.8) is 0 Å². The van der Waals surface area contributed by atoms with Crippen molar-refractivity contribution < 1.29 is 23.9 Å². The zero-order valence-electron chi connectivity index (χ0n) is 37.0. The fourth-order valence-electron chi connectivity index (χ4n) is 7.62. The summed E-state index contributed by atoms with van der Waals surface area (Å²) in [7, 11) is 4.25. The van der Waals surface area contributed by atoms with Crippen LogP contribution in [-0.4, -0.2) is 219 Å². The Kier molecular flexibility index (Phi) is 17.8. The summed E-state index contributed by atoms with van der Waals surface area (Å²) in [5.74, 6) is 1.94. The molecule has 8 heterocycles. The van der Waals surface area contributed by atoms with Gasteiger partial charge in [-0.05, 0) is 14.1 Å². The van der Waals surface area contributed by atoms with E-state index >= 15 is 0 Å². The van der Waals surface area contributed by atoms with Crippen LogP contribution in [0.4, 0.5) is 29.4 Å². The van der Waals surface area contributed by atoms with E-state index in [1.54, 1.807) is 0 Å². The van der Waals surface area contributed by atoms with Crippen LogP contribution >= 0.6 is 46.4 Å². The van der Waals surface area contributed by atoms with Crippen LogP contribution in [-0.2, 0) is 30.3 Å². The van der Waals surface area contributed by atoms with E-state index in [-0.39, 0.29) is 21.4 Å². The van der Waals surface area contributed by atoms with Gasteiger partial charge in [-0.2, -0.15) is 19.9 Å². The maximum Gasteiger partial charge on any atom is 0.267 e. The number of anilines is 5. The van der Waals surface area contributed by atoms with Crippen molar-refractivity contribution in [3.8, 4) is 0 Å². The monoisotopic (exact) mass is 993 g/mol. The van der Waals surface area contributed by atoms with E-state index < -0.39 is 21.6 Å². The Morgan fingerprint density at radius 1 is 0.621 bits per heavy atom. The van der Waals surface area contributed by atoms with Gasteiger partial charge in [-0.25, -0.2) is 4.98 Å². The van der Waals surface area contributed by atoms with Crippen LogP contribution in [0.2, 0.25) is 0 Å². The van der Waals surface area contributed by atoms with Crippen LogP contribution in [0.5, 0.6) is 0 Å². The molecule has 9 rings (SSSR count). The molecule has 0 saturated carbocycles. The number of aromatic nitrogens is 6. The molecule has 358 valence electrons. The predicted octanol–water partition coefficient (Wildman–Crippen LogP) is 1.24. The molecule has 66 heavy (non-hydrogen) atoms. The molecular formula is C41H55Cl4N15O6. The molecule has 0 spiro atoms. The van der Waals surface area contributed by atoms with E-state index in [0.717, 1.165) is 154 Å². The third kappa shape index (κ3) is 13.0. The number of allylic oxidation sites excluding steroid dienone is 4. The Hall–Kier alpha value is -4.29. The van der Waals surface area contributed by atoms with Crippen molar-refractivity contribution in [3.05, 3.63) is 42.2 Å². The van der Waals surface area contributed by atoms with E-state index in [0.29, 0.717) is 35.9 Å². The minimum absolute atomic E-state index is 0.176. The second-order valence-electron chi connectivity index (χ2n) is 16.3. The minimum atomic E-state index is -0.934. The molecule has 5 aliphatic heterocycles. The summed E-state index contributed by atoms with van der Waals surface area (Å²) in [6.45, 7) is 18.2. The highest BCUT2D eigenvalue weighted by molar-refractivity contribution is 6.72. The molecule has 1 aliphatic carbocycles. The average Bonchev–Trinajstić information content (AvgIpc) is 3.33. The number of ether oxygens (including phenoxy) is 2. The van der Waals surface area contributed by atoms with Crippen LogP contribution in [0.15, 0.2) is 31.1 Å². The first-order valence-electron chi connectivity index (χ1n) is 21.9. The van der Waals surface area contributed by atoms with Gasteiger partial charge in [0.2, 0.25) is 23.5 Å². The van der Waals surface area contributed by atoms with Crippen LogP contribution in [0, 0.1) is 0 Å².